The highest BCUT2D eigenvalue weighted by Crippen LogP contribution is 2.36. The molecule has 2 saturated heterocycles. The fraction of sp³-hybridized carbons (Fsp3) is 0.357. The molecule has 0 amide bonds. The molecular formula is C28H32N2O2. The van der Waals surface area contributed by atoms with Crippen molar-refractivity contribution in [1.82, 2.24) is 10.2 Å². The molecule has 4 nitrogen and oxygen atoms in total. The quantitative estimate of drug-likeness (QED) is 0.494. The summed E-state index contributed by atoms with van der Waals surface area (Å²) in [6, 6.07) is 28.1. The summed E-state index contributed by atoms with van der Waals surface area (Å²) in [4.78, 5) is 2.56. The molecule has 5 rings (SSSR count). The van der Waals surface area contributed by atoms with Crippen LogP contribution in [-0.2, 0) is 13.1 Å². The fourth-order valence-corrected chi connectivity index (χ4v) is 5.07. The van der Waals surface area contributed by atoms with E-state index in [0.29, 0.717) is 18.2 Å². The Balaban J connectivity index is 1.13. The summed E-state index contributed by atoms with van der Waals surface area (Å²) in [5, 5.41) is 3.55. The van der Waals surface area contributed by atoms with Gasteiger partial charge < -0.3 is 19.7 Å². The van der Waals surface area contributed by atoms with Gasteiger partial charge in [0.2, 0.25) is 0 Å². The van der Waals surface area contributed by atoms with Crippen molar-refractivity contribution in [2.45, 2.75) is 57.0 Å². The minimum absolute atomic E-state index is 0.347. The van der Waals surface area contributed by atoms with Crippen molar-refractivity contribution in [2.75, 3.05) is 7.05 Å². The first kappa shape index (κ1) is 21.0. The van der Waals surface area contributed by atoms with Crippen LogP contribution >= 0.6 is 0 Å². The summed E-state index contributed by atoms with van der Waals surface area (Å²) >= 11 is 0. The highest BCUT2D eigenvalue weighted by molar-refractivity contribution is 5.34. The molecule has 32 heavy (non-hydrogen) atoms. The van der Waals surface area contributed by atoms with Crippen LogP contribution in [-0.4, -0.2) is 30.1 Å². The minimum atomic E-state index is 0.347. The molecule has 2 heterocycles. The van der Waals surface area contributed by atoms with Crippen LogP contribution in [0, 0.1) is 0 Å². The Morgan fingerprint density at radius 3 is 2.03 bits per heavy atom. The van der Waals surface area contributed by atoms with Gasteiger partial charge in [-0.15, -0.1) is 0 Å². The number of rotatable bonds is 8. The third-order valence-corrected chi connectivity index (χ3v) is 6.79. The second-order valence-corrected chi connectivity index (χ2v) is 9.08. The van der Waals surface area contributed by atoms with Gasteiger partial charge in [0.05, 0.1) is 0 Å². The molecule has 3 aromatic rings. The summed E-state index contributed by atoms with van der Waals surface area (Å²) in [6.07, 6.45) is 5.29. The number of fused-ring (bicyclic) bond motifs is 2. The van der Waals surface area contributed by atoms with Gasteiger partial charge in [-0.3, -0.25) is 0 Å². The Hall–Kier alpha value is -2.82. The summed E-state index contributed by atoms with van der Waals surface area (Å²) in [6.45, 7) is 1.59. The second-order valence-electron chi connectivity index (χ2n) is 9.08. The van der Waals surface area contributed by atoms with Gasteiger partial charge in [0, 0.05) is 25.2 Å². The summed E-state index contributed by atoms with van der Waals surface area (Å²) in [5.41, 5.74) is 2.45. The van der Waals surface area contributed by atoms with E-state index in [9.17, 15) is 0 Å². The lowest BCUT2D eigenvalue weighted by molar-refractivity contribution is 0.0661. The van der Waals surface area contributed by atoms with Crippen LogP contribution in [0.4, 0.5) is 0 Å². The zero-order chi connectivity index (χ0) is 21.8. The number of nitrogens with zero attached hydrogens (tertiary/aromatic N) is 1. The second kappa shape index (κ2) is 9.76. The Morgan fingerprint density at radius 1 is 0.750 bits per heavy atom. The number of benzene rings is 3. The van der Waals surface area contributed by atoms with E-state index in [-0.39, 0.29) is 0 Å². The van der Waals surface area contributed by atoms with Crippen molar-refractivity contribution in [2.24, 2.45) is 0 Å². The van der Waals surface area contributed by atoms with Crippen molar-refractivity contribution in [1.29, 1.82) is 0 Å². The van der Waals surface area contributed by atoms with Gasteiger partial charge in [-0.1, -0.05) is 42.5 Å². The smallest absolute Gasteiger partial charge is 0.127 e. The highest BCUT2D eigenvalue weighted by Gasteiger charge is 2.39. The third-order valence-electron chi connectivity index (χ3n) is 6.79. The minimum Gasteiger partial charge on any atom is -0.490 e. The molecule has 2 bridgehead atoms. The highest BCUT2D eigenvalue weighted by atomic mass is 16.5. The molecule has 0 radical (unpaired) electrons. The predicted octanol–water partition coefficient (Wildman–Crippen LogP) is 5.77. The van der Waals surface area contributed by atoms with E-state index in [1.807, 2.05) is 42.5 Å². The third kappa shape index (κ3) is 5.14. The molecule has 0 aliphatic carbocycles. The maximum absolute atomic E-state index is 6.39. The van der Waals surface area contributed by atoms with Crippen molar-refractivity contribution >= 4 is 0 Å². The van der Waals surface area contributed by atoms with Crippen LogP contribution in [0.25, 0.3) is 0 Å². The van der Waals surface area contributed by atoms with Gasteiger partial charge in [-0.25, -0.2) is 0 Å². The lowest BCUT2D eigenvalue weighted by Crippen LogP contribution is -2.43. The maximum Gasteiger partial charge on any atom is 0.127 e. The van der Waals surface area contributed by atoms with Gasteiger partial charge in [-0.2, -0.15) is 0 Å². The van der Waals surface area contributed by atoms with Crippen LogP contribution in [0.2, 0.25) is 0 Å². The lowest BCUT2D eigenvalue weighted by atomic mass is 10.0. The van der Waals surface area contributed by atoms with Crippen LogP contribution in [0.1, 0.15) is 36.8 Å². The van der Waals surface area contributed by atoms with Gasteiger partial charge in [0.1, 0.15) is 23.4 Å². The van der Waals surface area contributed by atoms with Crippen molar-refractivity contribution < 1.29 is 9.47 Å². The normalized spacial score (nSPS) is 22.6. The molecule has 0 aromatic heterocycles. The van der Waals surface area contributed by atoms with Crippen molar-refractivity contribution in [3.05, 3.63) is 90.0 Å². The van der Waals surface area contributed by atoms with Gasteiger partial charge >= 0.3 is 0 Å². The van der Waals surface area contributed by atoms with Crippen LogP contribution < -0.4 is 14.8 Å². The number of hydrogen-bond acceptors (Lipinski definition) is 4. The molecule has 1 unspecified atom stereocenters. The molecule has 2 aliphatic rings. The Labute approximate surface area is 191 Å². The van der Waals surface area contributed by atoms with Crippen molar-refractivity contribution in [3.63, 3.8) is 0 Å². The first-order valence-electron chi connectivity index (χ1n) is 11.7. The van der Waals surface area contributed by atoms with Crippen molar-refractivity contribution in [3.8, 4) is 17.2 Å². The first-order valence-corrected chi connectivity index (χ1v) is 11.7. The molecule has 0 spiro atoms. The molecule has 1 N–H and O–H groups in total. The van der Waals surface area contributed by atoms with Crippen LogP contribution in [0.15, 0.2) is 78.9 Å². The topological polar surface area (TPSA) is 33.7 Å². The predicted molar refractivity (Wildman–Crippen MR) is 128 cm³/mol. The van der Waals surface area contributed by atoms with Gasteiger partial charge in [0.25, 0.3) is 0 Å². The standard InChI is InChI=1S/C28H32N2O2/c1-30-23-13-14-24(30)18-28(17-23)32-27-12-6-8-22(16-27)20-29-19-21-7-5-11-26(15-21)31-25-9-3-2-4-10-25/h2-12,15-16,23-24,28-29H,13-14,17-20H2,1H3/t23-,24+,28?. The maximum atomic E-state index is 6.39. The van der Waals surface area contributed by atoms with Gasteiger partial charge in [-0.05, 0) is 80.3 Å². The molecule has 2 aliphatic heterocycles. The summed E-state index contributed by atoms with van der Waals surface area (Å²) < 4.78 is 12.3. The van der Waals surface area contributed by atoms with E-state index in [1.165, 1.54) is 24.0 Å². The molecule has 3 atom stereocenters. The average Bonchev–Trinajstić information content (AvgIpc) is 3.01. The Bertz CT molecular complexity index is 1010. The van der Waals surface area contributed by atoms with Crippen LogP contribution in [0.3, 0.4) is 0 Å². The zero-order valence-corrected chi connectivity index (χ0v) is 18.7. The number of nitrogens with one attached hydrogen (secondary N) is 1. The Kier molecular flexibility index (Phi) is 6.42. The Morgan fingerprint density at radius 2 is 1.34 bits per heavy atom. The number of ether oxygens (including phenoxy) is 2. The molecule has 166 valence electrons. The molecule has 2 fully saturated rings. The fourth-order valence-electron chi connectivity index (χ4n) is 5.07. The summed E-state index contributed by atoms with van der Waals surface area (Å²) in [7, 11) is 2.27. The molecule has 4 heteroatoms. The van der Waals surface area contributed by atoms with E-state index in [0.717, 1.165) is 43.2 Å². The zero-order valence-electron chi connectivity index (χ0n) is 18.7. The van der Waals surface area contributed by atoms with Crippen LogP contribution in [0.5, 0.6) is 17.2 Å². The molecular weight excluding hydrogens is 396 g/mol. The lowest BCUT2D eigenvalue weighted by Gasteiger charge is -2.36. The average molecular weight is 429 g/mol. The SMILES string of the molecule is CN1[C@@H]2CC[C@H]1CC(Oc1cccc(CNCc3cccc(Oc4ccccc4)c3)c1)C2. The van der Waals surface area contributed by atoms with E-state index >= 15 is 0 Å². The summed E-state index contributed by atoms with van der Waals surface area (Å²) in [5.74, 6) is 2.71. The monoisotopic (exact) mass is 428 g/mol. The number of para-hydroxylation sites is 1. The number of piperidine rings is 1. The van der Waals surface area contributed by atoms with E-state index < -0.39 is 0 Å². The van der Waals surface area contributed by atoms with E-state index in [4.69, 9.17) is 9.47 Å². The molecule has 3 aromatic carbocycles. The number of hydrogen-bond donors (Lipinski definition) is 1. The first-order chi connectivity index (χ1) is 15.7. The van der Waals surface area contributed by atoms with Gasteiger partial charge in [0.15, 0.2) is 0 Å². The molecule has 0 saturated carbocycles. The largest absolute Gasteiger partial charge is 0.490 e. The van der Waals surface area contributed by atoms with E-state index in [2.05, 4.69) is 53.7 Å². The van der Waals surface area contributed by atoms with E-state index in [1.54, 1.807) is 0 Å².